The normalized spacial score (nSPS) is 10.5. The maximum atomic E-state index is 11.7. The molecule has 1 aromatic rings. The fourth-order valence-electron chi connectivity index (χ4n) is 3.52. The summed E-state index contributed by atoms with van der Waals surface area (Å²) in [5, 5.41) is 0. The first-order chi connectivity index (χ1) is 18.4. The SMILES string of the molecule is C=C/C=C(\C=C/C)CC.CCCC.CCCCC(=O)C(CCC)CCC.CCCOc1ccccc1CC. The molecule has 0 N–H and O–H groups in total. The van der Waals surface area contributed by atoms with Crippen LogP contribution in [0, 0.1) is 5.92 Å². The Kier molecular flexibility index (Phi) is 35.0. The summed E-state index contributed by atoms with van der Waals surface area (Å²) >= 11 is 0. The van der Waals surface area contributed by atoms with E-state index in [0.717, 1.165) is 76.6 Å². The summed E-state index contributed by atoms with van der Waals surface area (Å²) in [5.74, 6) is 1.91. The summed E-state index contributed by atoms with van der Waals surface area (Å²) in [7, 11) is 0. The molecule has 0 aliphatic heterocycles. The third kappa shape index (κ3) is 25.6. The zero-order valence-corrected chi connectivity index (χ0v) is 26.9. The van der Waals surface area contributed by atoms with E-state index in [-0.39, 0.29) is 0 Å². The van der Waals surface area contributed by atoms with E-state index in [1.54, 1.807) is 0 Å². The molecule has 220 valence electrons. The number of para-hydroxylation sites is 1. The Bertz CT molecular complexity index is 691. The number of carbonyl (C=O) groups excluding carboxylic acids is 1. The zero-order valence-electron chi connectivity index (χ0n) is 26.9. The molecule has 0 aliphatic carbocycles. The Labute approximate surface area is 239 Å². The van der Waals surface area contributed by atoms with Crippen molar-refractivity contribution < 1.29 is 9.53 Å². The molecule has 1 aromatic carbocycles. The minimum absolute atomic E-state index is 0.363. The summed E-state index contributed by atoms with van der Waals surface area (Å²) in [4.78, 5) is 11.7. The summed E-state index contributed by atoms with van der Waals surface area (Å²) < 4.78 is 5.58. The lowest BCUT2D eigenvalue weighted by Gasteiger charge is -2.13. The second-order valence-electron chi connectivity index (χ2n) is 9.48. The molecule has 1 rings (SSSR count). The molecule has 0 aliphatic rings. The zero-order chi connectivity index (χ0) is 29.4. The molecule has 0 atom stereocenters. The van der Waals surface area contributed by atoms with Crippen LogP contribution in [0.1, 0.15) is 139 Å². The van der Waals surface area contributed by atoms with E-state index in [1.165, 1.54) is 24.0 Å². The molecule has 0 radical (unpaired) electrons. The number of hydrogen-bond acceptors (Lipinski definition) is 2. The quantitative estimate of drug-likeness (QED) is 0.199. The Morgan fingerprint density at radius 2 is 1.47 bits per heavy atom. The molecule has 0 saturated heterocycles. The van der Waals surface area contributed by atoms with Crippen LogP contribution < -0.4 is 4.74 Å². The van der Waals surface area contributed by atoms with Gasteiger partial charge in [-0.1, -0.05) is 137 Å². The number of carbonyl (C=O) groups is 1. The third-order valence-corrected chi connectivity index (χ3v) is 5.94. The van der Waals surface area contributed by atoms with E-state index in [1.807, 2.05) is 37.3 Å². The van der Waals surface area contributed by atoms with E-state index in [0.29, 0.717) is 11.7 Å². The molecular formula is C36H64O2. The van der Waals surface area contributed by atoms with Gasteiger partial charge in [-0.2, -0.15) is 0 Å². The minimum atomic E-state index is 0.363. The second-order valence-corrected chi connectivity index (χ2v) is 9.48. The molecule has 2 nitrogen and oxygen atoms in total. The first-order valence-corrected chi connectivity index (χ1v) is 15.6. The van der Waals surface area contributed by atoms with Gasteiger partial charge in [-0.25, -0.2) is 0 Å². The van der Waals surface area contributed by atoms with Crippen LogP contribution in [0.15, 0.2) is 60.7 Å². The van der Waals surface area contributed by atoms with Crippen LogP contribution in [0.2, 0.25) is 0 Å². The molecule has 0 saturated carbocycles. The fourth-order valence-corrected chi connectivity index (χ4v) is 3.52. The Hall–Kier alpha value is -2.09. The van der Waals surface area contributed by atoms with Gasteiger partial charge < -0.3 is 4.74 Å². The van der Waals surface area contributed by atoms with Crippen LogP contribution in [-0.2, 0) is 11.2 Å². The highest BCUT2D eigenvalue weighted by Crippen LogP contribution is 2.18. The van der Waals surface area contributed by atoms with E-state index >= 15 is 0 Å². The molecule has 0 spiro atoms. The Balaban J connectivity index is -0.000000457. The fraction of sp³-hybridized carbons (Fsp3) is 0.639. The maximum absolute atomic E-state index is 11.7. The van der Waals surface area contributed by atoms with Gasteiger partial charge in [0.15, 0.2) is 0 Å². The number of Topliss-reactive ketones (excluding diaryl/α,β-unsaturated/α-hetero) is 1. The van der Waals surface area contributed by atoms with E-state index in [2.05, 4.69) is 80.2 Å². The van der Waals surface area contributed by atoms with Gasteiger partial charge in [-0.05, 0) is 62.7 Å². The number of ketones is 1. The van der Waals surface area contributed by atoms with Crippen molar-refractivity contribution in [2.75, 3.05) is 6.61 Å². The highest BCUT2D eigenvalue weighted by molar-refractivity contribution is 5.80. The van der Waals surface area contributed by atoms with Gasteiger partial charge in [0.25, 0.3) is 0 Å². The molecule has 0 amide bonds. The van der Waals surface area contributed by atoms with Crippen molar-refractivity contribution >= 4 is 5.78 Å². The van der Waals surface area contributed by atoms with Crippen molar-refractivity contribution in [1.82, 2.24) is 0 Å². The lowest BCUT2D eigenvalue weighted by Crippen LogP contribution is -2.13. The summed E-state index contributed by atoms with van der Waals surface area (Å²) in [6, 6.07) is 8.22. The van der Waals surface area contributed by atoms with Crippen molar-refractivity contribution in [3.63, 3.8) is 0 Å². The Morgan fingerprint density at radius 3 is 1.89 bits per heavy atom. The highest BCUT2D eigenvalue weighted by Gasteiger charge is 2.15. The minimum Gasteiger partial charge on any atom is -0.493 e. The Morgan fingerprint density at radius 1 is 0.868 bits per heavy atom. The van der Waals surface area contributed by atoms with Gasteiger partial charge in [0, 0.05) is 12.3 Å². The van der Waals surface area contributed by atoms with E-state index in [4.69, 9.17) is 4.74 Å². The first-order valence-electron chi connectivity index (χ1n) is 15.6. The van der Waals surface area contributed by atoms with Crippen molar-refractivity contribution in [2.24, 2.45) is 5.92 Å². The topological polar surface area (TPSA) is 26.3 Å². The molecule has 0 unspecified atom stereocenters. The highest BCUT2D eigenvalue weighted by atomic mass is 16.5. The lowest BCUT2D eigenvalue weighted by atomic mass is 9.91. The first kappa shape index (κ1) is 40.4. The predicted molar refractivity (Wildman–Crippen MR) is 173 cm³/mol. The van der Waals surface area contributed by atoms with Crippen LogP contribution in [0.3, 0.4) is 0 Å². The molecule has 0 fully saturated rings. The third-order valence-electron chi connectivity index (χ3n) is 5.94. The van der Waals surface area contributed by atoms with Crippen molar-refractivity contribution in [3.8, 4) is 5.75 Å². The number of hydrogen-bond donors (Lipinski definition) is 0. The average Bonchev–Trinajstić information content (AvgIpc) is 2.95. The van der Waals surface area contributed by atoms with Crippen LogP contribution in [0.25, 0.3) is 0 Å². The van der Waals surface area contributed by atoms with E-state index < -0.39 is 0 Å². The van der Waals surface area contributed by atoms with Gasteiger partial charge >= 0.3 is 0 Å². The largest absolute Gasteiger partial charge is 0.493 e. The number of unbranched alkanes of at least 4 members (excludes halogenated alkanes) is 2. The van der Waals surface area contributed by atoms with Crippen molar-refractivity contribution in [2.45, 2.75) is 139 Å². The van der Waals surface area contributed by atoms with Gasteiger partial charge in [0.2, 0.25) is 0 Å². The molecule has 0 aromatic heterocycles. The van der Waals surface area contributed by atoms with Gasteiger partial charge in [-0.15, -0.1) is 0 Å². The number of rotatable bonds is 16. The summed E-state index contributed by atoms with van der Waals surface area (Å²) in [6.45, 7) is 23.7. The number of aryl methyl sites for hydroxylation is 1. The summed E-state index contributed by atoms with van der Waals surface area (Å²) in [5.41, 5.74) is 2.62. The second kappa shape index (κ2) is 32.9. The molecule has 38 heavy (non-hydrogen) atoms. The standard InChI is InChI=1S/C12H24O.C11H16O.C9H14.C4H10/c1-4-7-10-12(13)11(8-5-2)9-6-3;1-3-9-12-11-8-6-5-7-10(11)4-2;1-4-7-9(6-3)8-5-2;1-3-4-2/h11H,4-10H2,1-3H3;5-8H,3-4,9H2,1-2H3;4-5,7-8H,1,6H2,2-3H3;3-4H2,1-2H3/b;;8-5-,9-7-;. The molecule has 2 heteroatoms. The van der Waals surface area contributed by atoms with E-state index in [9.17, 15) is 4.79 Å². The predicted octanol–water partition coefficient (Wildman–Crippen LogP) is 11.9. The monoisotopic (exact) mass is 528 g/mol. The number of ether oxygens (including phenoxy) is 1. The van der Waals surface area contributed by atoms with Crippen LogP contribution in [0.4, 0.5) is 0 Å². The van der Waals surface area contributed by atoms with Gasteiger partial charge in [0.1, 0.15) is 11.5 Å². The average molecular weight is 529 g/mol. The molecule has 0 heterocycles. The van der Waals surface area contributed by atoms with Crippen LogP contribution >= 0.6 is 0 Å². The summed E-state index contributed by atoms with van der Waals surface area (Å²) in [6.07, 6.45) is 21.3. The molecular weight excluding hydrogens is 464 g/mol. The maximum Gasteiger partial charge on any atom is 0.135 e. The molecule has 0 bridgehead atoms. The van der Waals surface area contributed by atoms with Gasteiger partial charge in [-0.3, -0.25) is 4.79 Å². The van der Waals surface area contributed by atoms with Crippen LogP contribution in [-0.4, -0.2) is 12.4 Å². The van der Waals surface area contributed by atoms with Gasteiger partial charge in [0.05, 0.1) is 6.61 Å². The number of benzene rings is 1. The van der Waals surface area contributed by atoms with Crippen molar-refractivity contribution in [3.05, 3.63) is 66.3 Å². The van der Waals surface area contributed by atoms with Crippen LogP contribution in [0.5, 0.6) is 5.75 Å². The smallest absolute Gasteiger partial charge is 0.135 e. The number of allylic oxidation sites excluding steroid dienone is 5. The van der Waals surface area contributed by atoms with Crippen molar-refractivity contribution in [1.29, 1.82) is 0 Å². The lowest BCUT2D eigenvalue weighted by molar-refractivity contribution is -0.123.